The van der Waals surface area contributed by atoms with Crippen LogP contribution in [0.5, 0.6) is 6.01 Å². The number of nitrogens with zero attached hydrogens (tertiary/aromatic N) is 6. The summed E-state index contributed by atoms with van der Waals surface area (Å²) < 4.78 is 21.5. The summed E-state index contributed by atoms with van der Waals surface area (Å²) in [5.74, 6) is 0.708. The largest absolute Gasteiger partial charge is 0.462 e. The van der Waals surface area contributed by atoms with Crippen molar-refractivity contribution in [2.75, 3.05) is 58.3 Å². The fourth-order valence-electron chi connectivity index (χ4n) is 6.88. The summed E-state index contributed by atoms with van der Waals surface area (Å²) in [6.07, 6.45) is 6.01. The highest BCUT2D eigenvalue weighted by Crippen LogP contribution is 2.49. The number of anilines is 1. The number of benzene rings is 1. The number of halogens is 1. The third kappa shape index (κ3) is 4.25. The van der Waals surface area contributed by atoms with Gasteiger partial charge >= 0.3 is 6.01 Å². The number of rotatable bonds is 5. The van der Waals surface area contributed by atoms with Crippen molar-refractivity contribution in [2.45, 2.75) is 50.2 Å². The van der Waals surface area contributed by atoms with Gasteiger partial charge in [0.15, 0.2) is 0 Å². The first-order valence-corrected chi connectivity index (χ1v) is 13.8. The molecule has 202 valence electrons. The van der Waals surface area contributed by atoms with E-state index in [9.17, 15) is 4.79 Å². The molecule has 2 saturated heterocycles. The van der Waals surface area contributed by atoms with E-state index in [1.54, 1.807) is 6.07 Å². The fraction of sp³-hybridized carbons (Fsp3) is 0.552. The predicted octanol–water partition coefficient (Wildman–Crippen LogP) is 2.75. The molecule has 0 N–H and O–H groups in total. The zero-order valence-electron chi connectivity index (χ0n) is 22.5. The van der Waals surface area contributed by atoms with Crippen molar-refractivity contribution >= 4 is 11.7 Å². The first-order valence-electron chi connectivity index (χ1n) is 13.8. The van der Waals surface area contributed by atoms with Crippen LogP contribution in [-0.4, -0.2) is 90.0 Å². The van der Waals surface area contributed by atoms with Crippen molar-refractivity contribution in [3.05, 3.63) is 59.1 Å². The molecule has 3 aliphatic heterocycles. The molecule has 4 aliphatic rings. The molecule has 1 aromatic carbocycles. The van der Waals surface area contributed by atoms with Crippen LogP contribution in [0.2, 0.25) is 0 Å². The number of likely N-dealkylation sites (tertiary alicyclic amines) is 1. The van der Waals surface area contributed by atoms with Crippen LogP contribution >= 0.6 is 0 Å². The zero-order chi connectivity index (χ0) is 26.4. The van der Waals surface area contributed by atoms with Crippen LogP contribution in [0, 0.1) is 5.82 Å². The lowest BCUT2D eigenvalue weighted by Gasteiger charge is -2.45. The Balaban J connectivity index is 1.34. The quantitative estimate of drug-likeness (QED) is 0.562. The van der Waals surface area contributed by atoms with Crippen LogP contribution in [0.3, 0.4) is 0 Å². The van der Waals surface area contributed by atoms with Crippen molar-refractivity contribution in [3.63, 3.8) is 0 Å². The lowest BCUT2D eigenvalue weighted by Crippen LogP contribution is -2.51. The van der Waals surface area contributed by atoms with Gasteiger partial charge in [-0.2, -0.15) is 9.97 Å². The molecule has 1 amide bonds. The summed E-state index contributed by atoms with van der Waals surface area (Å²) in [7, 11) is 4.23. The van der Waals surface area contributed by atoms with Crippen LogP contribution in [0.25, 0.3) is 0 Å². The highest BCUT2D eigenvalue weighted by molar-refractivity contribution is 5.87. The van der Waals surface area contributed by atoms with Crippen LogP contribution in [0.4, 0.5) is 10.2 Å². The molecule has 1 aromatic heterocycles. The molecule has 2 atom stereocenters. The van der Waals surface area contributed by atoms with Gasteiger partial charge in [0.05, 0.1) is 11.2 Å². The molecule has 8 nitrogen and oxygen atoms in total. The minimum atomic E-state index is -0.419. The number of hydrogen-bond donors (Lipinski definition) is 0. The number of ether oxygens (including phenoxy) is 1. The van der Waals surface area contributed by atoms with Gasteiger partial charge < -0.3 is 19.4 Å². The normalized spacial score (nSPS) is 25.5. The van der Waals surface area contributed by atoms with E-state index in [0.717, 1.165) is 54.0 Å². The lowest BCUT2D eigenvalue weighted by atomic mass is 9.80. The third-order valence-electron chi connectivity index (χ3n) is 9.15. The first kappa shape index (κ1) is 25.2. The van der Waals surface area contributed by atoms with E-state index in [1.807, 2.05) is 11.0 Å². The Morgan fingerprint density at radius 1 is 1.21 bits per heavy atom. The van der Waals surface area contributed by atoms with Gasteiger partial charge in [-0.1, -0.05) is 18.7 Å². The molecule has 1 spiro atoms. The van der Waals surface area contributed by atoms with Gasteiger partial charge in [0.2, 0.25) is 5.91 Å². The highest BCUT2D eigenvalue weighted by atomic mass is 19.1. The van der Waals surface area contributed by atoms with E-state index in [1.165, 1.54) is 12.5 Å². The molecule has 6 rings (SSSR count). The molecule has 0 bridgehead atoms. The summed E-state index contributed by atoms with van der Waals surface area (Å²) in [6, 6.07) is 6.21. The van der Waals surface area contributed by atoms with E-state index in [0.29, 0.717) is 57.8 Å². The van der Waals surface area contributed by atoms with Crippen LogP contribution in [0.15, 0.2) is 30.9 Å². The highest BCUT2D eigenvalue weighted by Gasteiger charge is 2.48. The Bertz CT molecular complexity index is 1250. The van der Waals surface area contributed by atoms with Gasteiger partial charge in [0.1, 0.15) is 18.2 Å². The minimum Gasteiger partial charge on any atom is -0.462 e. The van der Waals surface area contributed by atoms with E-state index in [4.69, 9.17) is 14.7 Å². The number of aromatic nitrogens is 2. The fourth-order valence-corrected chi connectivity index (χ4v) is 6.88. The number of aryl methyl sites for hydroxylation is 1. The van der Waals surface area contributed by atoms with Crippen LogP contribution < -0.4 is 9.64 Å². The monoisotopic (exact) mass is 520 g/mol. The van der Waals surface area contributed by atoms with Gasteiger partial charge in [0, 0.05) is 56.3 Å². The smallest absolute Gasteiger partial charge is 0.318 e. The van der Waals surface area contributed by atoms with Crippen molar-refractivity contribution in [3.8, 4) is 6.01 Å². The molecule has 0 saturated carbocycles. The number of amides is 1. The molecule has 2 fully saturated rings. The molecular formula is C29H37FN6O2. The SMILES string of the molecule is C=CC(=O)N1CCN(c2nc(OC[C@@H]3CCCN3C)nc3c2CN(C)[C@]2(CCc4cccc(F)c42)C3)CC1. The van der Waals surface area contributed by atoms with Crippen LogP contribution in [0.1, 0.15) is 41.6 Å². The minimum absolute atomic E-state index is 0.0392. The first-order chi connectivity index (χ1) is 18.4. The molecule has 9 heteroatoms. The number of fused-ring (bicyclic) bond motifs is 3. The summed E-state index contributed by atoms with van der Waals surface area (Å²) in [5.41, 5.74) is 3.52. The van der Waals surface area contributed by atoms with Gasteiger partial charge in [-0.15, -0.1) is 0 Å². The summed E-state index contributed by atoms with van der Waals surface area (Å²) in [6.45, 7) is 8.49. The molecule has 4 heterocycles. The van der Waals surface area contributed by atoms with Crippen LogP contribution in [-0.2, 0) is 29.7 Å². The Morgan fingerprint density at radius 2 is 2.03 bits per heavy atom. The Hall–Kier alpha value is -3.04. The molecule has 38 heavy (non-hydrogen) atoms. The summed E-state index contributed by atoms with van der Waals surface area (Å²) in [4.78, 5) is 30.8. The van der Waals surface area contributed by atoms with Crippen molar-refractivity contribution < 1.29 is 13.9 Å². The number of carbonyl (C=O) groups is 1. The number of likely N-dealkylation sites (N-methyl/N-ethyl adjacent to an activating group) is 2. The summed E-state index contributed by atoms with van der Waals surface area (Å²) >= 11 is 0. The average Bonchev–Trinajstić information content (AvgIpc) is 3.52. The Labute approximate surface area is 224 Å². The molecule has 2 aromatic rings. The van der Waals surface area contributed by atoms with Gasteiger partial charge in [-0.05, 0) is 64.0 Å². The Kier molecular flexibility index (Phi) is 6.60. The van der Waals surface area contributed by atoms with Gasteiger partial charge in [-0.25, -0.2) is 4.39 Å². The molecular weight excluding hydrogens is 483 g/mol. The standard InChI is InChI=1S/C29H37FN6O2/c1-4-25(37)35-13-15-36(16-14-35)27-22-18-34(3)29(11-10-20-7-5-9-23(30)26(20)29)17-24(22)31-28(32-27)38-19-21-8-6-12-33(21)2/h4-5,7,9,21H,1,6,8,10-19H2,2-3H3/t21-,29+/m0/s1. The zero-order valence-corrected chi connectivity index (χ0v) is 22.5. The van der Waals surface area contributed by atoms with Crippen molar-refractivity contribution in [1.82, 2.24) is 24.7 Å². The van der Waals surface area contributed by atoms with Crippen molar-refractivity contribution in [1.29, 1.82) is 0 Å². The van der Waals surface area contributed by atoms with E-state index < -0.39 is 5.54 Å². The lowest BCUT2D eigenvalue weighted by molar-refractivity contribution is -0.126. The Morgan fingerprint density at radius 3 is 2.76 bits per heavy atom. The topological polar surface area (TPSA) is 65.0 Å². The summed E-state index contributed by atoms with van der Waals surface area (Å²) in [5, 5.41) is 0. The molecule has 1 aliphatic carbocycles. The maximum Gasteiger partial charge on any atom is 0.318 e. The maximum absolute atomic E-state index is 15.2. The second-order valence-electron chi connectivity index (χ2n) is 11.2. The van der Waals surface area contributed by atoms with Gasteiger partial charge in [-0.3, -0.25) is 9.69 Å². The number of piperazine rings is 1. The number of carbonyl (C=O) groups excluding carboxylic acids is 1. The predicted molar refractivity (Wildman–Crippen MR) is 144 cm³/mol. The number of hydrogen-bond acceptors (Lipinski definition) is 7. The van der Waals surface area contributed by atoms with Gasteiger partial charge in [0.25, 0.3) is 0 Å². The second-order valence-corrected chi connectivity index (χ2v) is 11.2. The van der Waals surface area contributed by atoms with E-state index >= 15 is 4.39 Å². The molecule has 0 unspecified atom stereocenters. The average molecular weight is 521 g/mol. The second kappa shape index (κ2) is 9.93. The van der Waals surface area contributed by atoms with Crippen molar-refractivity contribution in [2.24, 2.45) is 0 Å². The van der Waals surface area contributed by atoms with E-state index in [-0.39, 0.29) is 11.7 Å². The van der Waals surface area contributed by atoms with E-state index in [2.05, 4.69) is 41.4 Å². The maximum atomic E-state index is 15.2. The third-order valence-corrected chi connectivity index (χ3v) is 9.15. The molecule has 0 radical (unpaired) electrons.